The topological polar surface area (TPSA) is 108 Å². The Morgan fingerprint density at radius 3 is 1.48 bits per heavy atom. The van der Waals surface area contributed by atoms with E-state index in [0.29, 0.717) is 59.4 Å². The van der Waals surface area contributed by atoms with Crippen LogP contribution in [0.3, 0.4) is 0 Å². The predicted octanol–water partition coefficient (Wildman–Crippen LogP) is 8.22. The number of carbonyl (C=O) groups is 2. The number of aromatic nitrogens is 2. The van der Waals surface area contributed by atoms with E-state index in [9.17, 15) is 18.4 Å². The van der Waals surface area contributed by atoms with Crippen molar-refractivity contribution in [2.45, 2.75) is 50.9 Å². The zero-order valence-electron chi connectivity index (χ0n) is 30.4. The van der Waals surface area contributed by atoms with E-state index in [0.717, 1.165) is 70.3 Å². The van der Waals surface area contributed by atoms with Gasteiger partial charge in [-0.25, -0.2) is 8.78 Å². The highest BCUT2D eigenvalue weighted by Gasteiger charge is 2.26. The summed E-state index contributed by atoms with van der Waals surface area (Å²) < 4.78 is 57.8. The van der Waals surface area contributed by atoms with Gasteiger partial charge in [0, 0.05) is 78.3 Å². The molecule has 0 unspecified atom stereocenters. The first-order valence-electron chi connectivity index (χ1n) is 18.7. The number of benzene rings is 4. The third-order valence-electron chi connectivity index (χ3n) is 10.5. The summed E-state index contributed by atoms with van der Waals surface area (Å²) in [4.78, 5) is 31.2. The van der Waals surface area contributed by atoms with Gasteiger partial charge in [-0.15, -0.1) is 0 Å². The maximum atomic E-state index is 14.9. The molecule has 0 bridgehead atoms. The van der Waals surface area contributed by atoms with E-state index in [-0.39, 0.29) is 24.8 Å². The first-order chi connectivity index (χ1) is 26.1. The molecule has 264 valence electrons. The van der Waals surface area contributed by atoms with E-state index >= 15 is 0 Å². The Hall–Kier alpha value is -5.00. The van der Waals surface area contributed by atoms with Crippen LogP contribution in [0.15, 0.2) is 72.8 Å². The summed E-state index contributed by atoms with van der Waals surface area (Å²) in [7, 11) is 0. The van der Waals surface area contributed by atoms with Gasteiger partial charge in [-0.3, -0.25) is 9.59 Å². The molecule has 4 aliphatic heterocycles. The van der Waals surface area contributed by atoms with Crippen molar-refractivity contribution in [2.75, 3.05) is 26.3 Å². The molecule has 6 heterocycles. The second-order valence-corrected chi connectivity index (χ2v) is 13.7. The van der Waals surface area contributed by atoms with Crippen molar-refractivity contribution in [3.63, 3.8) is 0 Å². The molecule has 0 spiro atoms. The SMILES string of the molecule is [2H][C@@]1(c2ccc(-c3[nH]c4cccc5c4c3COCC5=O)cc2F)CCCN1.[2H][C@]1(c2ccc(-c3[nH]c4cccc5c4c3COCC5=O)cc2F)CCCN1. The van der Waals surface area contributed by atoms with Gasteiger partial charge < -0.3 is 30.1 Å². The van der Waals surface area contributed by atoms with Crippen molar-refractivity contribution in [3.05, 3.63) is 118 Å². The Balaban J connectivity index is 0.000000142. The summed E-state index contributed by atoms with van der Waals surface area (Å²) in [6, 6.07) is 19.0. The lowest BCUT2D eigenvalue weighted by atomic mass is 9.98. The van der Waals surface area contributed by atoms with E-state index in [1.165, 1.54) is 12.1 Å². The molecule has 8 nitrogen and oxygen atoms in total. The smallest absolute Gasteiger partial charge is 0.189 e. The van der Waals surface area contributed by atoms with Crippen LogP contribution in [0.4, 0.5) is 8.78 Å². The first kappa shape index (κ1) is 30.6. The van der Waals surface area contributed by atoms with Gasteiger partial charge in [-0.1, -0.05) is 48.5 Å². The molecule has 4 N–H and O–H groups in total. The number of rotatable bonds is 4. The lowest BCUT2D eigenvalue weighted by Gasteiger charge is -2.13. The molecule has 0 radical (unpaired) electrons. The largest absolute Gasteiger partial charge is 0.369 e. The molecule has 0 amide bonds. The number of halogens is 2. The molecule has 52 heavy (non-hydrogen) atoms. The van der Waals surface area contributed by atoms with Gasteiger partial charge >= 0.3 is 0 Å². The van der Waals surface area contributed by atoms with E-state index in [1.54, 1.807) is 24.3 Å². The number of hydrogen-bond donors (Lipinski definition) is 4. The Morgan fingerprint density at radius 2 is 1.08 bits per heavy atom. The molecule has 4 aromatic carbocycles. The van der Waals surface area contributed by atoms with Gasteiger partial charge in [0.25, 0.3) is 0 Å². The lowest BCUT2D eigenvalue weighted by molar-refractivity contribution is 0.0738. The molecule has 10 heteroatoms. The van der Waals surface area contributed by atoms with Crippen LogP contribution in [0.5, 0.6) is 0 Å². The highest BCUT2D eigenvalue weighted by atomic mass is 19.1. The normalized spacial score (nSPS) is 23.3. The predicted molar refractivity (Wildman–Crippen MR) is 195 cm³/mol. The van der Waals surface area contributed by atoms with Gasteiger partial charge in [0.2, 0.25) is 0 Å². The van der Waals surface area contributed by atoms with E-state index in [1.807, 2.05) is 36.4 Å². The summed E-state index contributed by atoms with van der Waals surface area (Å²) >= 11 is 0. The molecule has 10 rings (SSSR count). The number of hydrogen-bond acceptors (Lipinski definition) is 6. The number of ether oxygens (including phenoxy) is 2. The van der Waals surface area contributed by atoms with Crippen molar-refractivity contribution < 1.29 is 30.6 Å². The fourth-order valence-electron chi connectivity index (χ4n) is 8.00. The number of nitrogens with one attached hydrogen (secondary N) is 4. The fourth-order valence-corrected chi connectivity index (χ4v) is 8.00. The molecule has 6 aromatic rings. The third-order valence-corrected chi connectivity index (χ3v) is 10.5. The molecule has 4 aliphatic rings. The number of Topliss-reactive ketones (excluding diaryl/α,β-unsaturated/α-hetero) is 2. The van der Waals surface area contributed by atoms with Crippen molar-refractivity contribution in [3.8, 4) is 22.5 Å². The summed E-state index contributed by atoms with van der Waals surface area (Å²) in [6.45, 7) is 2.15. The van der Waals surface area contributed by atoms with Gasteiger partial charge in [-0.2, -0.15) is 0 Å². The molecule has 0 aliphatic carbocycles. The molecule has 0 saturated carbocycles. The quantitative estimate of drug-likeness (QED) is 0.148. The molecule has 2 saturated heterocycles. The Bertz CT molecular complexity index is 2310. The maximum Gasteiger partial charge on any atom is 0.189 e. The van der Waals surface area contributed by atoms with Crippen LogP contribution < -0.4 is 10.6 Å². The van der Waals surface area contributed by atoms with Gasteiger partial charge in [0.15, 0.2) is 11.6 Å². The average Bonchev–Trinajstić information content (AvgIpc) is 3.93. The van der Waals surface area contributed by atoms with Crippen LogP contribution in [0.2, 0.25) is 0 Å². The zero-order chi connectivity index (χ0) is 37.2. The van der Waals surface area contributed by atoms with Crippen LogP contribution in [-0.4, -0.2) is 47.8 Å². The minimum atomic E-state index is -1.06. The summed E-state index contributed by atoms with van der Waals surface area (Å²) in [6.07, 6.45) is 2.93. The fraction of sp³-hybridized carbons (Fsp3) is 0.286. The van der Waals surface area contributed by atoms with Crippen LogP contribution >= 0.6 is 0 Å². The summed E-state index contributed by atoms with van der Waals surface area (Å²) in [5.41, 5.74) is 8.35. The van der Waals surface area contributed by atoms with E-state index in [2.05, 4.69) is 20.6 Å². The minimum Gasteiger partial charge on any atom is -0.369 e. The third kappa shape index (κ3) is 5.76. The second-order valence-electron chi connectivity index (χ2n) is 13.7. The molecule has 2 fully saturated rings. The van der Waals surface area contributed by atoms with Gasteiger partial charge in [-0.05, 0) is 63.0 Å². The standard InChI is InChI=1S/2C21H19FN2O2/c2*22-16-9-12(6-7-13(16)17-5-2-8-23-17)21-15-10-26-11-19(25)14-3-1-4-18(24-21)20(14)15/h2*1,3-4,6-7,9,17,23-24H,2,5,8,10-11H2/t2*17-/m10/s1/i2*17D. The van der Waals surface area contributed by atoms with Gasteiger partial charge in [0.05, 0.1) is 27.3 Å². The first-order valence-corrected chi connectivity index (χ1v) is 17.7. The second kappa shape index (κ2) is 13.5. The molecule has 2 atom stereocenters. The average molecular weight is 703 g/mol. The highest BCUT2D eigenvalue weighted by Crippen LogP contribution is 2.38. The number of aromatic amines is 2. The molecular formula is C42H38F2N4O4. The Labute approximate surface area is 301 Å². The van der Waals surface area contributed by atoms with E-state index < -0.39 is 23.7 Å². The van der Waals surface area contributed by atoms with Crippen LogP contribution in [0, 0.1) is 11.6 Å². The monoisotopic (exact) mass is 702 g/mol. The van der Waals surface area contributed by atoms with Gasteiger partial charge in [0.1, 0.15) is 24.8 Å². The number of carbonyl (C=O) groups excluding carboxylic acids is 2. The van der Waals surface area contributed by atoms with Crippen molar-refractivity contribution in [2.24, 2.45) is 0 Å². The van der Waals surface area contributed by atoms with Crippen LogP contribution in [0.25, 0.3) is 44.3 Å². The zero-order valence-corrected chi connectivity index (χ0v) is 28.4. The number of H-pyrrole nitrogens is 2. The molecule has 2 aromatic heterocycles. The van der Waals surface area contributed by atoms with Crippen molar-refractivity contribution >= 4 is 33.4 Å². The molecular weight excluding hydrogens is 662 g/mol. The Kier molecular flexibility index (Phi) is 7.96. The maximum absolute atomic E-state index is 14.9. The van der Waals surface area contributed by atoms with Crippen LogP contribution in [-0.2, 0) is 22.7 Å². The summed E-state index contributed by atoms with van der Waals surface area (Å²) in [5, 5.41) is 7.88. The van der Waals surface area contributed by atoms with E-state index in [4.69, 9.17) is 12.2 Å². The van der Waals surface area contributed by atoms with Crippen LogP contribution in [0.1, 0.15) is 83.4 Å². The minimum absolute atomic E-state index is 0.0464. The van der Waals surface area contributed by atoms with Crippen molar-refractivity contribution in [1.82, 2.24) is 20.6 Å². The lowest BCUT2D eigenvalue weighted by Crippen LogP contribution is -2.14. The highest BCUT2D eigenvalue weighted by molar-refractivity contribution is 6.12. The summed E-state index contributed by atoms with van der Waals surface area (Å²) in [5.74, 6) is -0.882. The number of ketones is 2. The Morgan fingerprint density at radius 1 is 0.615 bits per heavy atom. The van der Waals surface area contributed by atoms with Crippen molar-refractivity contribution in [1.29, 1.82) is 0 Å².